The monoisotopic (exact) mass is 237 g/mol. The Balaban J connectivity index is 2.32. The average molecular weight is 237 g/mol. The molecule has 0 aliphatic rings. The summed E-state index contributed by atoms with van der Waals surface area (Å²) in [5, 5.41) is 21.1. The lowest BCUT2D eigenvalue weighted by Gasteiger charge is -2.18. The van der Waals surface area contributed by atoms with E-state index in [1.807, 2.05) is 25.1 Å². The van der Waals surface area contributed by atoms with Crippen LogP contribution in [0, 0.1) is 6.92 Å². The number of hydrogen-bond acceptors (Lipinski definition) is 3. The van der Waals surface area contributed by atoms with E-state index in [4.69, 9.17) is 5.11 Å². The predicted molar refractivity (Wildman–Crippen MR) is 66.0 cm³/mol. The highest BCUT2D eigenvalue weighted by Crippen LogP contribution is 2.04. The highest BCUT2D eigenvalue weighted by molar-refractivity contribution is 5.76. The number of carboxylic acid groups (broad SMARTS) is 1. The van der Waals surface area contributed by atoms with Crippen molar-refractivity contribution in [2.45, 2.75) is 25.9 Å². The number of aryl methyl sites for hydroxylation is 1. The van der Waals surface area contributed by atoms with Crippen LogP contribution in [-0.2, 0) is 11.2 Å². The molecule has 1 atom stereocenters. The summed E-state index contributed by atoms with van der Waals surface area (Å²) in [7, 11) is 0. The van der Waals surface area contributed by atoms with Gasteiger partial charge in [-0.3, -0.25) is 0 Å². The predicted octanol–water partition coefficient (Wildman–Crippen LogP) is 0.963. The van der Waals surface area contributed by atoms with Gasteiger partial charge in [0.05, 0.1) is 0 Å². The quantitative estimate of drug-likeness (QED) is 0.645. The van der Waals surface area contributed by atoms with Crippen molar-refractivity contribution in [3.63, 3.8) is 0 Å². The van der Waals surface area contributed by atoms with Gasteiger partial charge in [0.1, 0.15) is 0 Å². The topological polar surface area (TPSA) is 69.6 Å². The Labute approximate surface area is 101 Å². The molecule has 0 saturated carbocycles. The fraction of sp³-hybridized carbons (Fsp3) is 0.462. The van der Waals surface area contributed by atoms with Gasteiger partial charge < -0.3 is 15.5 Å². The summed E-state index contributed by atoms with van der Waals surface area (Å²) < 4.78 is 0. The molecule has 0 radical (unpaired) electrons. The van der Waals surface area contributed by atoms with Gasteiger partial charge in [0.25, 0.3) is 0 Å². The molecule has 3 N–H and O–H groups in total. The van der Waals surface area contributed by atoms with Crippen LogP contribution < -0.4 is 5.32 Å². The Hall–Kier alpha value is -1.39. The summed E-state index contributed by atoms with van der Waals surface area (Å²) in [5.74, 6) is -1.21. The first kappa shape index (κ1) is 13.7. The van der Waals surface area contributed by atoms with Gasteiger partial charge >= 0.3 is 5.97 Å². The van der Waals surface area contributed by atoms with E-state index in [-0.39, 0.29) is 6.54 Å². The summed E-state index contributed by atoms with van der Waals surface area (Å²) in [5.41, 5.74) is 0.708. The second kappa shape index (κ2) is 5.80. The number of hydrogen-bond donors (Lipinski definition) is 3. The van der Waals surface area contributed by atoms with E-state index in [0.717, 1.165) is 6.42 Å². The van der Waals surface area contributed by atoms with E-state index in [1.54, 1.807) is 0 Å². The largest absolute Gasteiger partial charge is 0.479 e. The highest BCUT2D eigenvalue weighted by atomic mass is 16.4. The first-order valence-electron chi connectivity index (χ1n) is 5.64. The Morgan fingerprint density at radius 1 is 1.47 bits per heavy atom. The van der Waals surface area contributed by atoms with Gasteiger partial charge in [0.2, 0.25) is 0 Å². The van der Waals surface area contributed by atoms with Crippen molar-refractivity contribution in [3.05, 3.63) is 35.4 Å². The van der Waals surface area contributed by atoms with Crippen LogP contribution in [0.1, 0.15) is 18.1 Å². The van der Waals surface area contributed by atoms with Gasteiger partial charge in [-0.25, -0.2) is 4.79 Å². The fourth-order valence-corrected chi connectivity index (χ4v) is 1.51. The van der Waals surface area contributed by atoms with E-state index < -0.39 is 11.6 Å². The van der Waals surface area contributed by atoms with Crippen molar-refractivity contribution >= 4 is 5.97 Å². The summed E-state index contributed by atoms with van der Waals surface area (Å²) in [4.78, 5) is 10.6. The third kappa shape index (κ3) is 4.54. The van der Waals surface area contributed by atoms with Crippen molar-refractivity contribution < 1.29 is 15.0 Å². The van der Waals surface area contributed by atoms with Crippen molar-refractivity contribution in [1.82, 2.24) is 5.32 Å². The minimum atomic E-state index is -1.70. The lowest BCUT2D eigenvalue weighted by atomic mass is 10.1. The molecule has 1 rings (SSSR count). The van der Waals surface area contributed by atoms with Crippen LogP contribution in [-0.4, -0.2) is 34.9 Å². The molecule has 4 nitrogen and oxygen atoms in total. The lowest BCUT2D eigenvalue weighted by molar-refractivity contribution is -0.156. The smallest absolute Gasteiger partial charge is 0.336 e. The van der Waals surface area contributed by atoms with Crippen LogP contribution >= 0.6 is 0 Å². The molecule has 1 aromatic carbocycles. The molecule has 4 heteroatoms. The second-order valence-corrected chi connectivity index (χ2v) is 4.49. The minimum absolute atomic E-state index is 0.0498. The molecule has 0 heterocycles. The summed E-state index contributed by atoms with van der Waals surface area (Å²) in [6.45, 7) is 4.02. The maximum Gasteiger partial charge on any atom is 0.336 e. The first-order chi connectivity index (χ1) is 7.92. The van der Waals surface area contributed by atoms with Crippen LogP contribution in [0.5, 0.6) is 0 Å². The summed E-state index contributed by atoms with van der Waals surface area (Å²) in [6.07, 6.45) is 0.817. The second-order valence-electron chi connectivity index (χ2n) is 4.49. The van der Waals surface area contributed by atoms with Crippen LogP contribution in [0.3, 0.4) is 0 Å². The van der Waals surface area contributed by atoms with Crippen molar-refractivity contribution in [2.75, 3.05) is 13.1 Å². The van der Waals surface area contributed by atoms with Gasteiger partial charge in [-0.2, -0.15) is 0 Å². The van der Waals surface area contributed by atoms with Gasteiger partial charge in [-0.15, -0.1) is 0 Å². The third-order valence-electron chi connectivity index (χ3n) is 2.60. The van der Waals surface area contributed by atoms with Crippen LogP contribution in [0.25, 0.3) is 0 Å². The van der Waals surface area contributed by atoms with Crippen LogP contribution in [0.15, 0.2) is 24.3 Å². The molecule has 0 spiro atoms. The third-order valence-corrected chi connectivity index (χ3v) is 2.60. The average Bonchev–Trinajstić information content (AvgIpc) is 2.24. The zero-order valence-electron chi connectivity index (χ0n) is 10.2. The Morgan fingerprint density at radius 2 is 2.18 bits per heavy atom. The normalized spacial score (nSPS) is 14.3. The molecular weight excluding hydrogens is 218 g/mol. The SMILES string of the molecule is Cc1cccc(CCNCC(C)(O)C(=O)O)c1. The van der Waals surface area contributed by atoms with Gasteiger partial charge in [-0.05, 0) is 32.4 Å². The van der Waals surface area contributed by atoms with E-state index in [9.17, 15) is 9.90 Å². The van der Waals surface area contributed by atoms with Crippen molar-refractivity contribution in [3.8, 4) is 0 Å². The zero-order chi connectivity index (χ0) is 12.9. The maximum absolute atomic E-state index is 10.6. The Bertz CT molecular complexity index is 388. The molecule has 0 fully saturated rings. The van der Waals surface area contributed by atoms with E-state index in [0.29, 0.717) is 6.54 Å². The van der Waals surface area contributed by atoms with E-state index in [1.165, 1.54) is 18.1 Å². The summed E-state index contributed by atoms with van der Waals surface area (Å²) in [6, 6.07) is 8.16. The lowest BCUT2D eigenvalue weighted by Crippen LogP contribution is -2.45. The number of carbonyl (C=O) groups is 1. The molecule has 0 aliphatic heterocycles. The Kier molecular flexibility index (Phi) is 4.66. The first-order valence-corrected chi connectivity index (χ1v) is 5.64. The number of aliphatic carboxylic acids is 1. The molecule has 0 aliphatic carbocycles. The number of rotatable bonds is 6. The molecule has 0 saturated heterocycles. The zero-order valence-corrected chi connectivity index (χ0v) is 10.2. The van der Waals surface area contributed by atoms with Crippen LogP contribution in [0.4, 0.5) is 0 Å². The molecule has 94 valence electrons. The van der Waals surface area contributed by atoms with Crippen molar-refractivity contribution in [2.24, 2.45) is 0 Å². The van der Waals surface area contributed by atoms with E-state index in [2.05, 4.69) is 11.4 Å². The molecule has 0 bridgehead atoms. The maximum atomic E-state index is 10.6. The number of carboxylic acids is 1. The number of aliphatic hydroxyl groups is 1. The molecule has 17 heavy (non-hydrogen) atoms. The molecule has 0 aromatic heterocycles. The minimum Gasteiger partial charge on any atom is -0.479 e. The van der Waals surface area contributed by atoms with Gasteiger partial charge in [0, 0.05) is 6.54 Å². The number of benzene rings is 1. The van der Waals surface area contributed by atoms with Crippen molar-refractivity contribution in [1.29, 1.82) is 0 Å². The molecular formula is C13H19NO3. The molecule has 1 unspecified atom stereocenters. The van der Waals surface area contributed by atoms with Gasteiger partial charge in [-0.1, -0.05) is 29.8 Å². The van der Waals surface area contributed by atoms with E-state index >= 15 is 0 Å². The number of nitrogens with one attached hydrogen (secondary N) is 1. The fourth-order valence-electron chi connectivity index (χ4n) is 1.51. The summed E-state index contributed by atoms with van der Waals surface area (Å²) >= 11 is 0. The molecule has 1 aromatic rings. The highest BCUT2D eigenvalue weighted by Gasteiger charge is 2.28. The molecule has 0 amide bonds. The van der Waals surface area contributed by atoms with Gasteiger partial charge in [0.15, 0.2) is 5.60 Å². The Morgan fingerprint density at radius 3 is 2.76 bits per heavy atom. The standard InChI is InChI=1S/C13H19NO3/c1-10-4-3-5-11(8-10)6-7-14-9-13(2,17)12(15)16/h3-5,8,14,17H,6-7,9H2,1-2H3,(H,15,16). The van der Waals surface area contributed by atoms with Crippen LogP contribution in [0.2, 0.25) is 0 Å².